The molecule has 2 heterocycles. The van der Waals surface area contributed by atoms with Crippen LogP contribution < -0.4 is 0 Å². The van der Waals surface area contributed by atoms with Crippen LogP contribution in [0.2, 0.25) is 0 Å². The largest absolute Gasteiger partial charge is 0.300 e. The Labute approximate surface area is 133 Å². The summed E-state index contributed by atoms with van der Waals surface area (Å²) in [6, 6.07) is 0. The summed E-state index contributed by atoms with van der Waals surface area (Å²) >= 11 is 11.6. The van der Waals surface area contributed by atoms with E-state index in [1.165, 1.54) is 65.4 Å². The minimum Gasteiger partial charge on any atom is -0.300 e. The van der Waals surface area contributed by atoms with E-state index in [1.54, 1.807) is 0 Å². The first-order chi connectivity index (χ1) is 9.81. The van der Waals surface area contributed by atoms with E-state index in [-0.39, 0.29) is 0 Å². The maximum absolute atomic E-state index is 5.79. The Morgan fingerprint density at radius 1 is 0.450 bits per heavy atom. The fourth-order valence-electron chi connectivity index (χ4n) is 2.99. The summed E-state index contributed by atoms with van der Waals surface area (Å²) in [6.07, 6.45) is 0. The summed E-state index contributed by atoms with van der Waals surface area (Å²) in [5.41, 5.74) is 0. The Kier molecular flexibility index (Phi) is 7.92. The molecular weight excluding hydrogens is 295 g/mol. The molecule has 2 fully saturated rings. The van der Waals surface area contributed by atoms with Crippen LogP contribution in [0.15, 0.2) is 0 Å². The molecular formula is C14H28Cl2N4. The molecule has 0 saturated carbocycles. The zero-order chi connectivity index (χ0) is 14.2. The lowest BCUT2D eigenvalue weighted by Crippen LogP contribution is -2.51. The van der Waals surface area contributed by atoms with E-state index in [0.717, 1.165) is 24.8 Å². The van der Waals surface area contributed by atoms with Crippen molar-refractivity contribution >= 4 is 23.2 Å². The van der Waals surface area contributed by atoms with Gasteiger partial charge in [0.1, 0.15) is 0 Å². The van der Waals surface area contributed by atoms with Gasteiger partial charge in [-0.3, -0.25) is 19.6 Å². The molecule has 0 radical (unpaired) electrons. The van der Waals surface area contributed by atoms with Crippen molar-refractivity contribution in [2.24, 2.45) is 0 Å². The summed E-state index contributed by atoms with van der Waals surface area (Å²) in [5, 5.41) is 0. The molecule has 0 aliphatic carbocycles. The van der Waals surface area contributed by atoms with Gasteiger partial charge in [0, 0.05) is 90.3 Å². The van der Waals surface area contributed by atoms with Crippen LogP contribution in [-0.4, -0.2) is 110 Å². The molecule has 118 valence electrons. The molecule has 2 aliphatic heterocycles. The Balaban J connectivity index is 1.55. The topological polar surface area (TPSA) is 13.0 Å². The van der Waals surface area contributed by atoms with Crippen LogP contribution >= 0.6 is 23.2 Å². The number of piperazine rings is 2. The van der Waals surface area contributed by atoms with Crippen molar-refractivity contribution in [3.8, 4) is 0 Å². The highest BCUT2D eigenvalue weighted by Crippen LogP contribution is 2.05. The van der Waals surface area contributed by atoms with E-state index >= 15 is 0 Å². The van der Waals surface area contributed by atoms with Crippen LogP contribution in [0.5, 0.6) is 0 Å². The number of nitrogens with zero attached hydrogens (tertiary/aromatic N) is 4. The summed E-state index contributed by atoms with van der Waals surface area (Å²) in [7, 11) is 0. The van der Waals surface area contributed by atoms with Gasteiger partial charge in [0.15, 0.2) is 0 Å². The molecule has 0 bridgehead atoms. The first-order valence-electron chi connectivity index (χ1n) is 7.83. The third-order valence-corrected chi connectivity index (χ3v) is 4.80. The number of hydrogen-bond donors (Lipinski definition) is 0. The highest BCUT2D eigenvalue weighted by atomic mass is 35.5. The molecule has 0 spiro atoms. The molecule has 0 aromatic heterocycles. The molecule has 0 aromatic carbocycles. The van der Waals surface area contributed by atoms with Gasteiger partial charge >= 0.3 is 0 Å². The normalized spacial score (nSPS) is 24.3. The van der Waals surface area contributed by atoms with Gasteiger partial charge in [0.25, 0.3) is 0 Å². The van der Waals surface area contributed by atoms with Gasteiger partial charge in [0.2, 0.25) is 0 Å². The fraction of sp³-hybridized carbons (Fsp3) is 1.00. The lowest BCUT2D eigenvalue weighted by Gasteiger charge is -2.38. The van der Waals surface area contributed by atoms with Crippen molar-refractivity contribution in [3.05, 3.63) is 0 Å². The third-order valence-electron chi connectivity index (χ3n) is 4.46. The third kappa shape index (κ3) is 5.66. The minimum absolute atomic E-state index is 0.757. The van der Waals surface area contributed by atoms with Crippen molar-refractivity contribution in [1.29, 1.82) is 0 Å². The first kappa shape index (κ1) is 16.8. The SMILES string of the molecule is ClCCN1CCN(CCN2CCN(CCCl)CC2)CC1. The first-order valence-corrected chi connectivity index (χ1v) is 8.90. The second-order valence-electron chi connectivity index (χ2n) is 5.74. The molecule has 4 nitrogen and oxygen atoms in total. The van der Waals surface area contributed by atoms with Crippen molar-refractivity contribution < 1.29 is 0 Å². The van der Waals surface area contributed by atoms with Crippen molar-refractivity contribution in [3.63, 3.8) is 0 Å². The van der Waals surface area contributed by atoms with Gasteiger partial charge < -0.3 is 0 Å². The standard InChI is InChI=1S/C14H28Cl2N4/c15-1-3-17-5-9-19(10-6-17)13-14-20-11-7-18(4-2-16)8-12-20/h1-14H2. The van der Waals surface area contributed by atoms with Crippen LogP contribution in [0, 0.1) is 0 Å². The smallest absolute Gasteiger partial charge is 0.0351 e. The number of halogens is 2. The summed E-state index contributed by atoms with van der Waals surface area (Å²) in [5.74, 6) is 1.51. The molecule has 2 rings (SSSR count). The zero-order valence-electron chi connectivity index (χ0n) is 12.4. The summed E-state index contributed by atoms with van der Waals surface area (Å²) < 4.78 is 0. The van der Waals surface area contributed by atoms with E-state index in [1.807, 2.05) is 0 Å². The van der Waals surface area contributed by atoms with Gasteiger partial charge in [-0.05, 0) is 0 Å². The Hall–Kier alpha value is 0.420. The maximum atomic E-state index is 5.79. The van der Waals surface area contributed by atoms with Crippen LogP contribution in [0.1, 0.15) is 0 Å². The molecule has 2 aliphatic rings. The van der Waals surface area contributed by atoms with E-state index < -0.39 is 0 Å². The average Bonchev–Trinajstić information content (AvgIpc) is 2.49. The van der Waals surface area contributed by atoms with E-state index in [2.05, 4.69) is 19.6 Å². The molecule has 2 saturated heterocycles. The van der Waals surface area contributed by atoms with E-state index in [9.17, 15) is 0 Å². The second-order valence-corrected chi connectivity index (χ2v) is 6.50. The summed E-state index contributed by atoms with van der Waals surface area (Å²) in [6.45, 7) is 14.0. The molecule has 0 N–H and O–H groups in total. The average molecular weight is 323 g/mol. The monoisotopic (exact) mass is 322 g/mol. The Bertz CT molecular complexity index is 226. The Morgan fingerprint density at radius 2 is 0.700 bits per heavy atom. The quantitative estimate of drug-likeness (QED) is 0.640. The molecule has 6 heteroatoms. The molecule has 0 amide bonds. The van der Waals surface area contributed by atoms with Gasteiger partial charge in [-0.25, -0.2) is 0 Å². The highest BCUT2D eigenvalue weighted by molar-refractivity contribution is 6.18. The van der Waals surface area contributed by atoms with Crippen LogP contribution in [0.3, 0.4) is 0 Å². The lowest BCUT2D eigenvalue weighted by atomic mass is 10.3. The number of alkyl halides is 2. The fourth-order valence-corrected chi connectivity index (χ4v) is 3.47. The maximum Gasteiger partial charge on any atom is 0.0351 e. The van der Waals surface area contributed by atoms with Crippen molar-refractivity contribution in [2.75, 3.05) is 90.3 Å². The number of hydrogen-bond acceptors (Lipinski definition) is 4. The minimum atomic E-state index is 0.757. The molecule has 0 aromatic rings. The van der Waals surface area contributed by atoms with E-state index in [4.69, 9.17) is 23.2 Å². The van der Waals surface area contributed by atoms with Crippen LogP contribution in [-0.2, 0) is 0 Å². The van der Waals surface area contributed by atoms with Gasteiger partial charge in [0.05, 0.1) is 0 Å². The summed E-state index contributed by atoms with van der Waals surface area (Å²) in [4.78, 5) is 10.1. The van der Waals surface area contributed by atoms with Crippen LogP contribution in [0.4, 0.5) is 0 Å². The van der Waals surface area contributed by atoms with Gasteiger partial charge in [-0.15, -0.1) is 23.2 Å². The second kappa shape index (κ2) is 9.44. The molecule has 20 heavy (non-hydrogen) atoms. The Morgan fingerprint density at radius 3 is 0.950 bits per heavy atom. The van der Waals surface area contributed by atoms with Gasteiger partial charge in [-0.1, -0.05) is 0 Å². The molecule has 0 unspecified atom stereocenters. The van der Waals surface area contributed by atoms with Gasteiger partial charge in [-0.2, -0.15) is 0 Å². The number of rotatable bonds is 7. The zero-order valence-corrected chi connectivity index (χ0v) is 14.0. The van der Waals surface area contributed by atoms with E-state index in [0.29, 0.717) is 0 Å². The van der Waals surface area contributed by atoms with Crippen LogP contribution in [0.25, 0.3) is 0 Å². The predicted octanol–water partition coefficient (Wildman–Crippen LogP) is 0.699. The molecule has 0 atom stereocenters. The lowest BCUT2D eigenvalue weighted by molar-refractivity contribution is 0.0986. The predicted molar refractivity (Wildman–Crippen MR) is 87.2 cm³/mol. The van der Waals surface area contributed by atoms with Crippen molar-refractivity contribution in [1.82, 2.24) is 19.6 Å². The highest BCUT2D eigenvalue weighted by Gasteiger charge is 2.19. The van der Waals surface area contributed by atoms with Crippen molar-refractivity contribution in [2.45, 2.75) is 0 Å².